The Morgan fingerprint density at radius 3 is 2.32 bits per heavy atom. The van der Waals surface area contributed by atoms with Gasteiger partial charge >= 0.3 is 6.18 Å². The molecule has 1 aromatic heterocycles. The van der Waals surface area contributed by atoms with E-state index in [1.165, 1.54) is 24.3 Å². The van der Waals surface area contributed by atoms with Crippen molar-refractivity contribution in [1.29, 1.82) is 0 Å². The number of pyridine rings is 1. The molecule has 0 radical (unpaired) electrons. The van der Waals surface area contributed by atoms with Crippen molar-refractivity contribution in [2.45, 2.75) is 25.2 Å². The molecule has 3 nitrogen and oxygen atoms in total. The summed E-state index contributed by atoms with van der Waals surface area (Å²) in [6.07, 6.45) is -3.13. The van der Waals surface area contributed by atoms with E-state index in [1.54, 1.807) is 18.3 Å². The summed E-state index contributed by atoms with van der Waals surface area (Å²) in [7, 11) is 0. The van der Waals surface area contributed by atoms with Gasteiger partial charge in [-0.3, -0.25) is 4.98 Å². The molecule has 1 atom stereocenters. The van der Waals surface area contributed by atoms with Crippen LogP contribution in [0.5, 0.6) is 0 Å². The SMILES string of the molecule is Cc1ccc(CNC[C@](O)(c2ccccc2)C(F)(F)F)nc1. The molecule has 2 rings (SSSR count). The van der Waals surface area contributed by atoms with Crippen molar-refractivity contribution in [1.82, 2.24) is 10.3 Å². The fourth-order valence-electron chi connectivity index (χ4n) is 2.05. The van der Waals surface area contributed by atoms with Crippen LogP contribution in [0.25, 0.3) is 0 Å². The van der Waals surface area contributed by atoms with Gasteiger partial charge < -0.3 is 10.4 Å². The lowest BCUT2D eigenvalue weighted by atomic mass is 9.93. The average Bonchev–Trinajstić information content (AvgIpc) is 2.49. The van der Waals surface area contributed by atoms with Crippen molar-refractivity contribution in [3.8, 4) is 0 Å². The van der Waals surface area contributed by atoms with Crippen molar-refractivity contribution < 1.29 is 18.3 Å². The maximum absolute atomic E-state index is 13.3. The Kier molecular flexibility index (Phi) is 4.83. The first-order valence-corrected chi connectivity index (χ1v) is 6.80. The molecule has 118 valence electrons. The van der Waals surface area contributed by atoms with E-state index in [9.17, 15) is 18.3 Å². The molecule has 1 aromatic carbocycles. The minimum atomic E-state index is -4.78. The summed E-state index contributed by atoms with van der Waals surface area (Å²) in [6, 6.07) is 10.6. The second-order valence-electron chi connectivity index (χ2n) is 5.15. The molecule has 1 heterocycles. The number of nitrogens with zero attached hydrogens (tertiary/aromatic N) is 1. The monoisotopic (exact) mass is 310 g/mol. The molecule has 0 aliphatic rings. The highest BCUT2D eigenvalue weighted by molar-refractivity contribution is 5.25. The lowest BCUT2D eigenvalue weighted by Crippen LogP contribution is -2.49. The molecule has 0 aliphatic carbocycles. The van der Waals surface area contributed by atoms with Crippen molar-refractivity contribution in [2.24, 2.45) is 0 Å². The van der Waals surface area contributed by atoms with Crippen LogP contribution in [0.4, 0.5) is 13.2 Å². The molecule has 0 amide bonds. The quantitative estimate of drug-likeness (QED) is 0.892. The zero-order valence-electron chi connectivity index (χ0n) is 12.1. The van der Waals surface area contributed by atoms with E-state index in [4.69, 9.17) is 0 Å². The van der Waals surface area contributed by atoms with Gasteiger partial charge in [-0.15, -0.1) is 0 Å². The molecule has 0 spiro atoms. The standard InChI is InChI=1S/C16H17F3N2O/c1-12-7-8-14(21-9-12)10-20-11-15(22,16(17,18)19)13-5-3-2-4-6-13/h2-9,20,22H,10-11H2,1H3/t15-/m0/s1. The minimum Gasteiger partial charge on any atom is -0.375 e. The summed E-state index contributed by atoms with van der Waals surface area (Å²) in [5, 5.41) is 12.8. The summed E-state index contributed by atoms with van der Waals surface area (Å²) in [4.78, 5) is 4.11. The number of alkyl halides is 3. The van der Waals surface area contributed by atoms with Gasteiger partial charge in [-0.1, -0.05) is 36.4 Å². The second-order valence-corrected chi connectivity index (χ2v) is 5.15. The van der Waals surface area contributed by atoms with Crippen LogP contribution >= 0.6 is 0 Å². The third-order valence-corrected chi connectivity index (χ3v) is 3.38. The number of aliphatic hydroxyl groups is 1. The van der Waals surface area contributed by atoms with Gasteiger partial charge in [0.15, 0.2) is 5.60 Å². The van der Waals surface area contributed by atoms with Crippen molar-refractivity contribution in [2.75, 3.05) is 6.54 Å². The fourth-order valence-corrected chi connectivity index (χ4v) is 2.05. The molecule has 0 aliphatic heterocycles. The number of hydrogen-bond acceptors (Lipinski definition) is 3. The maximum Gasteiger partial charge on any atom is 0.422 e. The predicted octanol–water partition coefficient (Wildman–Crippen LogP) is 2.93. The molecule has 0 unspecified atom stereocenters. The number of benzene rings is 1. The lowest BCUT2D eigenvalue weighted by Gasteiger charge is -2.31. The number of aryl methyl sites for hydroxylation is 1. The van der Waals surface area contributed by atoms with Crippen LogP contribution in [0, 0.1) is 6.92 Å². The van der Waals surface area contributed by atoms with Crippen LogP contribution in [0.2, 0.25) is 0 Å². The molecule has 0 saturated heterocycles. The van der Waals surface area contributed by atoms with E-state index in [0.717, 1.165) is 5.56 Å². The second kappa shape index (κ2) is 6.46. The number of nitrogens with one attached hydrogen (secondary N) is 1. The largest absolute Gasteiger partial charge is 0.422 e. The number of aromatic nitrogens is 1. The van der Waals surface area contributed by atoms with E-state index in [-0.39, 0.29) is 12.1 Å². The third kappa shape index (κ3) is 3.64. The Morgan fingerprint density at radius 2 is 1.77 bits per heavy atom. The summed E-state index contributed by atoms with van der Waals surface area (Å²) in [6.45, 7) is 1.38. The first-order valence-electron chi connectivity index (χ1n) is 6.80. The van der Waals surface area contributed by atoms with Crippen LogP contribution < -0.4 is 5.32 Å². The molecular formula is C16H17F3N2O. The highest BCUT2D eigenvalue weighted by Crippen LogP contribution is 2.38. The Labute approximate surface area is 126 Å². The summed E-state index contributed by atoms with van der Waals surface area (Å²) in [5.74, 6) is 0. The average molecular weight is 310 g/mol. The zero-order valence-corrected chi connectivity index (χ0v) is 12.1. The van der Waals surface area contributed by atoms with Gasteiger partial charge in [-0.2, -0.15) is 13.2 Å². The highest BCUT2D eigenvalue weighted by atomic mass is 19.4. The topological polar surface area (TPSA) is 45.1 Å². The Hall–Kier alpha value is -1.92. The molecule has 0 bridgehead atoms. The summed E-state index contributed by atoms with van der Waals surface area (Å²) in [5.41, 5.74) is -1.53. The van der Waals surface area contributed by atoms with E-state index < -0.39 is 18.3 Å². The van der Waals surface area contributed by atoms with Crippen LogP contribution in [-0.2, 0) is 12.1 Å². The molecule has 6 heteroatoms. The minimum absolute atomic E-state index is 0.144. The molecular weight excluding hydrogens is 293 g/mol. The predicted molar refractivity (Wildman–Crippen MR) is 77.1 cm³/mol. The number of rotatable bonds is 5. The van der Waals surface area contributed by atoms with E-state index in [2.05, 4.69) is 10.3 Å². The first kappa shape index (κ1) is 16.5. The fraction of sp³-hybridized carbons (Fsp3) is 0.312. The number of halogens is 3. The van der Waals surface area contributed by atoms with Gasteiger partial charge in [-0.25, -0.2) is 0 Å². The van der Waals surface area contributed by atoms with Crippen LogP contribution in [0.15, 0.2) is 48.7 Å². The maximum atomic E-state index is 13.3. The molecule has 22 heavy (non-hydrogen) atoms. The summed E-state index contributed by atoms with van der Waals surface area (Å²) >= 11 is 0. The van der Waals surface area contributed by atoms with E-state index in [1.807, 2.05) is 13.0 Å². The third-order valence-electron chi connectivity index (χ3n) is 3.38. The van der Waals surface area contributed by atoms with Crippen molar-refractivity contribution in [3.05, 3.63) is 65.5 Å². The first-order chi connectivity index (χ1) is 10.3. The van der Waals surface area contributed by atoms with Gasteiger partial charge in [0.05, 0.1) is 5.69 Å². The Balaban J connectivity index is 2.10. The normalized spacial score (nSPS) is 14.6. The highest BCUT2D eigenvalue weighted by Gasteiger charge is 2.54. The zero-order chi connectivity index (χ0) is 16.2. The van der Waals surface area contributed by atoms with E-state index in [0.29, 0.717) is 5.69 Å². The van der Waals surface area contributed by atoms with Crippen LogP contribution in [0.3, 0.4) is 0 Å². The van der Waals surface area contributed by atoms with Crippen LogP contribution in [-0.4, -0.2) is 22.8 Å². The Morgan fingerprint density at radius 1 is 1.09 bits per heavy atom. The van der Waals surface area contributed by atoms with Crippen molar-refractivity contribution >= 4 is 0 Å². The van der Waals surface area contributed by atoms with Gasteiger partial charge in [-0.05, 0) is 24.1 Å². The Bertz CT molecular complexity index is 599. The van der Waals surface area contributed by atoms with E-state index >= 15 is 0 Å². The van der Waals surface area contributed by atoms with Gasteiger partial charge in [0.1, 0.15) is 0 Å². The smallest absolute Gasteiger partial charge is 0.375 e. The molecule has 0 fully saturated rings. The number of hydrogen-bond donors (Lipinski definition) is 2. The lowest BCUT2D eigenvalue weighted by molar-refractivity contribution is -0.264. The molecule has 2 N–H and O–H groups in total. The van der Waals surface area contributed by atoms with Crippen molar-refractivity contribution in [3.63, 3.8) is 0 Å². The summed E-state index contributed by atoms with van der Waals surface area (Å²) < 4.78 is 39.8. The molecule has 2 aromatic rings. The van der Waals surface area contributed by atoms with Crippen LogP contribution in [0.1, 0.15) is 16.8 Å². The molecule has 0 saturated carbocycles. The van der Waals surface area contributed by atoms with Gasteiger partial charge in [0, 0.05) is 19.3 Å². The van der Waals surface area contributed by atoms with Gasteiger partial charge in [0.2, 0.25) is 0 Å². The van der Waals surface area contributed by atoms with Gasteiger partial charge in [0.25, 0.3) is 0 Å².